The molecular weight excluding hydrogens is 180 g/mol. The first-order chi connectivity index (χ1) is 6.78. The Kier molecular flexibility index (Phi) is 5.64. The molecule has 0 amide bonds. The van der Waals surface area contributed by atoms with Crippen molar-refractivity contribution in [3.63, 3.8) is 0 Å². The fraction of sp³-hybridized carbons (Fsp3) is 0.600. The van der Waals surface area contributed by atoms with Gasteiger partial charge in [-0.05, 0) is 23.7 Å². The Morgan fingerprint density at radius 2 is 1.80 bits per heavy atom. The zero-order valence-corrected chi connectivity index (χ0v) is 11.0. The van der Waals surface area contributed by atoms with Crippen LogP contribution in [0.4, 0.5) is 0 Å². The largest absolute Gasteiger partial charge is 0.0991 e. The molecule has 0 rings (SSSR count). The molecule has 0 aliphatic heterocycles. The quantitative estimate of drug-likeness (QED) is 0.556. The van der Waals surface area contributed by atoms with Crippen molar-refractivity contribution in [1.82, 2.24) is 0 Å². The fourth-order valence-corrected chi connectivity index (χ4v) is 1.77. The minimum atomic E-state index is 0.361. The molecule has 1 unspecified atom stereocenters. The molecule has 0 nitrogen and oxygen atoms in total. The van der Waals surface area contributed by atoms with Crippen LogP contribution in [-0.4, -0.2) is 0 Å². The summed E-state index contributed by atoms with van der Waals surface area (Å²) in [4.78, 5) is 0. The summed E-state index contributed by atoms with van der Waals surface area (Å²) >= 11 is 0. The van der Waals surface area contributed by atoms with Crippen molar-refractivity contribution in [2.45, 2.75) is 41.0 Å². The van der Waals surface area contributed by atoms with Gasteiger partial charge in [0.1, 0.15) is 0 Å². The van der Waals surface area contributed by atoms with Gasteiger partial charge in [-0.25, -0.2) is 0 Å². The lowest BCUT2D eigenvalue weighted by molar-refractivity contribution is 0.276. The van der Waals surface area contributed by atoms with Crippen LogP contribution in [0.15, 0.2) is 37.0 Å². The van der Waals surface area contributed by atoms with Crippen molar-refractivity contribution in [2.75, 3.05) is 0 Å². The molecule has 15 heavy (non-hydrogen) atoms. The molecule has 0 heterocycles. The number of allylic oxidation sites excluding steroid dienone is 4. The molecular formula is C15H26. The average Bonchev–Trinajstić information content (AvgIpc) is 2.08. The minimum absolute atomic E-state index is 0.361. The molecule has 0 aliphatic carbocycles. The minimum Gasteiger partial charge on any atom is -0.0991 e. The molecule has 0 radical (unpaired) electrons. The molecule has 1 atom stereocenters. The molecule has 0 spiro atoms. The van der Waals surface area contributed by atoms with Crippen LogP contribution in [0.1, 0.15) is 41.0 Å². The Labute approximate surface area is 95.8 Å². The van der Waals surface area contributed by atoms with Gasteiger partial charge in [0.15, 0.2) is 0 Å². The van der Waals surface area contributed by atoms with E-state index < -0.39 is 0 Å². The molecule has 0 saturated carbocycles. The SMILES string of the molecule is C=C/C=C\C(=C)C(CC(C)(C)C)C(C)C. The van der Waals surface area contributed by atoms with Gasteiger partial charge in [0.2, 0.25) is 0 Å². The van der Waals surface area contributed by atoms with Crippen molar-refractivity contribution in [3.8, 4) is 0 Å². The number of hydrogen-bond acceptors (Lipinski definition) is 0. The van der Waals surface area contributed by atoms with E-state index in [1.54, 1.807) is 6.08 Å². The molecule has 0 aromatic carbocycles. The molecule has 0 aliphatic rings. The van der Waals surface area contributed by atoms with E-state index in [1.807, 2.05) is 6.08 Å². The van der Waals surface area contributed by atoms with Gasteiger partial charge in [0.25, 0.3) is 0 Å². The monoisotopic (exact) mass is 206 g/mol. The predicted octanol–water partition coefficient (Wildman–Crippen LogP) is 4.99. The van der Waals surface area contributed by atoms with Gasteiger partial charge in [-0.1, -0.05) is 71.6 Å². The summed E-state index contributed by atoms with van der Waals surface area (Å²) in [6, 6.07) is 0. The standard InChI is InChI=1S/C15H26/c1-8-9-10-13(4)14(12(2)3)11-15(5,6)7/h8-10,12,14H,1,4,11H2,2-3,5-7H3/b10-9-. The summed E-state index contributed by atoms with van der Waals surface area (Å²) in [5.41, 5.74) is 1.58. The molecule has 0 aromatic heterocycles. The first kappa shape index (κ1) is 14.2. The first-order valence-corrected chi connectivity index (χ1v) is 5.76. The van der Waals surface area contributed by atoms with Crippen LogP contribution in [0.25, 0.3) is 0 Å². The van der Waals surface area contributed by atoms with E-state index in [4.69, 9.17) is 0 Å². The van der Waals surface area contributed by atoms with E-state index in [0.29, 0.717) is 17.3 Å². The van der Waals surface area contributed by atoms with Crippen LogP contribution in [0.3, 0.4) is 0 Å². The van der Waals surface area contributed by atoms with Crippen molar-refractivity contribution in [3.05, 3.63) is 37.0 Å². The van der Waals surface area contributed by atoms with Crippen LogP contribution in [-0.2, 0) is 0 Å². The molecule has 0 fully saturated rings. The molecule has 86 valence electrons. The lowest BCUT2D eigenvalue weighted by Crippen LogP contribution is -2.18. The van der Waals surface area contributed by atoms with Crippen molar-refractivity contribution >= 4 is 0 Å². The molecule has 0 bridgehead atoms. The maximum Gasteiger partial charge on any atom is -0.0140 e. The summed E-state index contributed by atoms with van der Waals surface area (Å²) < 4.78 is 0. The van der Waals surface area contributed by atoms with Crippen LogP contribution >= 0.6 is 0 Å². The lowest BCUT2D eigenvalue weighted by Gasteiger charge is -2.29. The van der Waals surface area contributed by atoms with E-state index in [9.17, 15) is 0 Å². The van der Waals surface area contributed by atoms with Gasteiger partial charge in [0, 0.05) is 0 Å². The zero-order valence-electron chi connectivity index (χ0n) is 11.0. The van der Waals surface area contributed by atoms with Crippen LogP contribution in [0.2, 0.25) is 0 Å². The summed E-state index contributed by atoms with van der Waals surface area (Å²) in [6.07, 6.45) is 7.05. The first-order valence-electron chi connectivity index (χ1n) is 5.76. The van der Waals surface area contributed by atoms with E-state index in [0.717, 1.165) is 0 Å². The van der Waals surface area contributed by atoms with Gasteiger partial charge in [-0.3, -0.25) is 0 Å². The van der Waals surface area contributed by atoms with E-state index in [2.05, 4.69) is 53.9 Å². The van der Waals surface area contributed by atoms with Crippen LogP contribution in [0, 0.1) is 17.3 Å². The Morgan fingerprint density at radius 3 is 2.13 bits per heavy atom. The second kappa shape index (κ2) is 5.95. The Balaban J connectivity index is 4.60. The molecule has 0 aromatic rings. The second-order valence-electron chi connectivity index (χ2n) is 5.79. The van der Waals surface area contributed by atoms with Crippen LogP contribution in [0.5, 0.6) is 0 Å². The smallest absolute Gasteiger partial charge is 0.0140 e. The lowest BCUT2D eigenvalue weighted by atomic mass is 9.76. The van der Waals surface area contributed by atoms with Crippen molar-refractivity contribution < 1.29 is 0 Å². The van der Waals surface area contributed by atoms with Gasteiger partial charge >= 0.3 is 0 Å². The third-order valence-electron chi connectivity index (χ3n) is 2.56. The van der Waals surface area contributed by atoms with Gasteiger partial charge < -0.3 is 0 Å². The van der Waals surface area contributed by atoms with E-state index >= 15 is 0 Å². The maximum atomic E-state index is 4.16. The molecule has 0 heteroatoms. The van der Waals surface area contributed by atoms with Gasteiger partial charge in [-0.15, -0.1) is 0 Å². The average molecular weight is 206 g/mol. The summed E-state index contributed by atoms with van der Waals surface area (Å²) in [5, 5.41) is 0. The van der Waals surface area contributed by atoms with Gasteiger partial charge in [0.05, 0.1) is 0 Å². The number of hydrogen-bond donors (Lipinski definition) is 0. The maximum absolute atomic E-state index is 4.16. The van der Waals surface area contributed by atoms with Crippen molar-refractivity contribution in [1.29, 1.82) is 0 Å². The summed E-state index contributed by atoms with van der Waals surface area (Å²) in [5.74, 6) is 1.22. The Bertz CT molecular complexity index is 235. The highest BCUT2D eigenvalue weighted by atomic mass is 14.3. The van der Waals surface area contributed by atoms with Crippen LogP contribution < -0.4 is 0 Å². The van der Waals surface area contributed by atoms with E-state index in [-0.39, 0.29) is 0 Å². The highest BCUT2D eigenvalue weighted by Gasteiger charge is 2.22. The number of rotatable bonds is 5. The summed E-state index contributed by atoms with van der Waals surface area (Å²) in [6.45, 7) is 19.2. The van der Waals surface area contributed by atoms with E-state index in [1.165, 1.54) is 12.0 Å². The third kappa shape index (κ3) is 6.33. The normalized spacial score (nSPS) is 14.5. The Hall–Kier alpha value is -0.780. The molecule has 0 saturated heterocycles. The third-order valence-corrected chi connectivity index (χ3v) is 2.56. The second-order valence-corrected chi connectivity index (χ2v) is 5.79. The Morgan fingerprint density at radius 1 is 1.27 bits per heavy atom. The highest BCUT2D eigenvalue weighted by molar-refractivity contribution is 5.21. The fourth-order valence-electron chi connectivity index (χ4n) is 1.77. The molecule has 0 N–H and O–H groups in total. The van der Waals surface area contributed by atoms with Gasteiger partial charge in [-0.2, -0.15) is 0 Å². The van der Waals surface area contributed by atoms with Crippen molar-refractivity contribution in [2.24, 2.45) is 17.3 Å². The zero-order chi connectivity index (χ0) is 12.1. The highest BCUT2D eigenvalue weighted by Crippen LogP contribution is 2.33. The predicted molar refractivity (Wildman–Crippen MR) is 70.9 cm³/mol. The topological polar surface area (TPSA) is 0 Å². The summed E-state index contributed by atoms with van der Waals surface area (Å²) in [7, 11) is 0.